The van der Waals surface area contributed by atoms with Crippen LogP contribution < -0.4 is 0 Å². The summed E-state index contributed by atoms with van der Waals surface area (Å²) >= 11 is 0. The van der Waals surface area contributed by atoms with Gasteiger partial charge in [0.05, 0.1) is 5.60 Å². The molecular formula is C27H28O. The SMILES string of the molecule is CCOC(C)(C)c1cccc(/C=C/c2ccccc2)c1/C=C/c1ccccc1. The third-order valence-corrected chi connectivity index (χ3v) is 4.79. The molecule has 0 amide bonds. The van der Waals surface area contributed by atoms with Crippen LogP contribution in [0.3, 0.4) is 0 Å². The predicted molar refractivity (Wildman–Crippen MR) is 122 cm³/mol. The lowest BCUT2D eigenvalue weighted by atomic mass is 9.89. The van der Waals surface area contributed by atoms with Crippen molar-refractivity contribution < 1.29 is 4.74 Å². The third kappa shape index (κ3) is 5.09. The van der Waals surface area contributed by atoms with Crippen molar-refractivity contribution in [3.8, 4) is 0 Å². The fourth-order valence-electron chi connectivity index (χ4n) is 3.37. The standard InChI is InChI=1S/C27H28O/c1-4-28-27(2,3)26-17-11-16-24(20-18-22-12-7-5-8-13-22)25(26)21-19-23-14-9-6-10-15-23/h5-21H,4H2,1-3H3/b20-18+,21-19+. The average Bonchev–Trinajstić information content (AvgIpc) is 2.72. The summed E-state index contributed by atoms with van der Waals surface area (Å²) in [5.41, 5.74) is 5.58. The Morgan fingerprint density at radius 1 is 0.679 bits per heavy atom. The first-order valence-electron chi connectivity index (χ1n) is 9.84. The van der Waals surface area contributed by atoms with E-state index in [9.17, 15) is 0 Å². The molecule has 3 rings (SSSR count). The van der Waals surface area contributed by atoms with Crippen LogP contribution in [-0.4, -0.2) is 6.61 Å². The van der Waals surface area contributed by atoms with E-state index in [0.29, 0.717) is 6.61 Å². The molecule has 28 heavy (non-hydrogen) atoms. The number of benzene rings is 3. The number of rotatable bonds is 7. The fraction of sp³-hybridized carbons (Fsp3) is 0.185. The molecule has 0 N–H and O–H groups in total. The first-order valence-corrected chi connectivity index (χ1v) is 9.84. The lowest BCUT2D eigenvalue weighted by molar-refractivity contribution is -0.0141. The van der Waals surface area contributed by atoms with Crippen molar-refractivity contribution in [3.63, 3.8) is 0 Å². The lowest BCUT2D eigenvalue weighted by Gasteiger charge is -2.28. The molecule has 0 atom stereocenters. The molecule has 0 aliphatic carbocycles. The summed E-state index contributed by atoms with van der Waals surface area (Å²) in [5.74, 6) is 0. The van der Waals surface area contributed by atoms with Crippen LogP contribution in [0.15, 0.2) is 78.9 Å². The maximum atomic E-state index is 6.07. The summed E-state index contributed by atoms with van der Waals surface area (Å²) in [7, 11) is 0. The van der Waals surface area contributed by atoms with E-state index < -0.39 is 0 Å². The second-order valence-electron chi connectivity index (χ2n) is 7.24. The molecule has 0 aliphatic heterocycles. The van der Waals surface area contributed by atoms with E-state index in [2.05, 4.69) is 105 Å². The molecular weight excluding hydrogens is 340 g/mol. The smallest absolute Gasteiger partial charge is 0.0881 e. The zero-order valence-corrected chi connectivity index (χ0v) is 16.9. The minimum Gasteiger partial charge on any atom is -0.371 e. The van der Waals surface area contributed by atoms with Crippen molar-refractivity contribution in [2.75, 3.05) is 6.61 Å². The van der Waals surface area contributed by atoms with Crippen molar-refractivity contribution >= 4 is 24.3 Å². The number of hydrogen-bond acceptors (Lipinski definition) is 1. The number of ether oxygens (including phenoxy) is 1. The van der Waals surface area contributed by atoms with Crippen LogP contribution in [0.25, 0.3) is 24.3 Å². The van der Waals surface area contributed by atoms with Crippen LogP contribution in [0.2, 0.25) is 0 Å². The van der Waals surface area contributed by atoms with Crippen molar-refractivity contribution in [1.82, 2.24) is 0 Å². The van der Waals surface area contributed by atoms with Crippen LogP contribution in [0.4, 0.5) is 0 Å². The highest BCUT2D eigenvalue weighted by atomic mass is 16.5. The minimum absolute atomic E-state index is 0.359. The van der Waals surface area contributed by atoms with Crippen LogP contribution in [0.1, 0.15) is 48.6 Å². The maximum Gasteiger partial charge on any atom is 0.0881 e. The monoisotopic (exact) mass is 368 g/mol. The minimum atomic E-state index is -0.359. The maximum absolute atomic E-state index is 6.07. The van der Waals surface area contributed by atoms with E-state index in [1.165, 1.54) is 27.8 Å². The molecule has 0 spiro atoms. The lowest BCUT2D eigenvalue weighted by Crippen LogP contribution is -2.23. The molecule has 3 aromatic rings. The molecule has 3 aromatic carbocycles. The van der Waals surface area contributed by atoms with Gasteiger partial charge in [-0.1, -0.05) is 103 Å². The van der Waals surface area contributed by atoms with Gasteiger partial charge < -0.3 is 4.74 Å². The summed E-state index contributed by atoms with van der Waals surface area (Å²) in [4.78, 5) is 0. The first-order chi connectivity index (χ1) is 13.6. The third-order valence-electron chi connectivity index (χ3n) is 4.79. The van der Waals surface area contributed by atoms with Crippen LogP contribution in [-0.2, 0) is 10.3 Å². The molecule has 1 heteroatoms. The van der Waals surface area contributed by atoms with Crippen molar-refractivity contribution in [2.24, 2.45) is 0 Å². The highest BCUT2D eigenvalue weighted by Crippen LogP contribution is 2.32. The molecule has 0 heterocycles. The predicted octanol–water partition coefficient (Wildman–Crippen LogP) is 7.30. The summed E-state index contributed by atoms with van der Waals surface area (Å²) in [6, 6.07) is 27.2. The highest BCUT2D eigenvalue weighted by molar-refractivity contribution is 5.81. The Morgan fingerprint density at radius 3 is 1.82 bits per heavy atom. The van der Waals surface area contributed by atoms with E-state index in [1.54, 1.807) is 0 Å². The van der Waals surface area contributed by atoms with E-state index >= 15 is 0 Å². The van der Waals surface area contributed by atoms with Gasteiger partial charge in [0.15, 0.2) is 0 Å². The summed E-state index contributed by atoms with van der Waals surface area (Å²) in [6.45, 7) is 6.99. The topological polar surface area (TPSA) is 9.23 Å². The molecule has 0 bridgehead atoms. The summed E-state index contributed by atoms with van der Waals surface area (Å²) in [5, 5.41) is 0. The second-order valence-corrected chi connectivity index (χ2v) is 7.24. The van der Waals surface area contributed by atoms with Crippen molar-refractivity contribution in [2.45, 2.75) is 26.4 Å². The molecule has 0 fully saturated rings. The van der Waals surface area contributed by atoms with Crippen molar-refractivity contribution in [1.29, 1.82) is 0 Å². The Labute approximate surface area is 169 Å². The Hall–Kier alpha value is -2.90. The van der Waals surface area contributed by atoms with Gasteiger partial charge in [-0.3, -0.25) is 0 Å². The second kappa shape index (κ2) is 9.34. The van der Waals surface area contributed by atoms with E-state index in [0.717, 1.165) is 0 Å². The van der Waals surface area contributed by atoms with Gasteiger partial charge in [0, 0.05) is 6.61 Å². The van der Waals surface area contributed by atoms with Gasteiger partial charge in [-0.05, 0) is 48.6 Å². The van der Waals surface area contributed by atoms with Gasteiger partial charge in [-0.25, -0.2) is 0 Å². The van der Waals surface area contributed by atoms with Gasteiger partial charge >= 0.3 is 0 Å². The molecule has 0 aromatic heterocycles. The Bertz CT molecular complexity index is 935. The largest absolute Gasteiger partial charge is 0.371 e. The van der Waals surface area contributed by atoms with Gasteiger partial charge in [0.1, 0.15) is 0 Å². The van der Waals surface area contributed by atoms with Gasteiger partial charge in [-0.15, -0.1) is 0 Å². The zero-order chi connectivity index (χ0) is 19.8. The van der Waals surface area contributed by atoms with E-state index in [1.807, 2.05) is 19.1 Å². The Kier molecular flexibility index (Phi) is 6.62. The van der Waals surface area contributed by atoms with Gasteiger partial charge in [0.2, 0.25) is 0 Å². The summed E-state index contributed by atoms with van der Waals surface area (Å²) in [6.07, 6.45) is 8.72. The van der Waals surface area contributed by atoms with Gasteiger partial charge in [0.25, 0.3) is 0 Å². The average molecular weight is 369 g/mol. The van der Waals surface area contributed by atoms with Gasteiger partial charge in [-0.2, -0.15) is 0 Å². The van der Waals surface area contributed by atoms with Crippen LogP contribution >= 0.6 is 0 Å². The van der Waals surface area contributed by atoms with E-state index in [4.69, 9.17) is 4.74 Å². The first kappa shape index (κ1) is 19.9. The molecule has 0 saturated heterocycles. The molecule has 0 aliphatic rings. The highest BCUT2D eigenvalue weighted by Gasteiger charge is 2.24. The number of hydrogen-bond donors (Lipinski definition) is 0. The molecule has 1 nitrogen and oxygen atoms in total. The normalized spacial score (nSPS) is 12.1. The molecule has 0 unspecified atom stereocenters. The zero-order valence-electron chi connectivity index (χ0n) is 16.9. The fourth-order valence-corrected chi connectivity index (χ4v) is 3.37. The molecule has 0 radical (unpaired) electrons. The Morgan fingerprint density at radius 2 is 1.25 bits per heavy atom. The quantitative estimate of drug-likeness (QED) is 0.398. The Balaban J connectivity index is 2.05. The van der Waals surface area contributed by atoms with Crippen molar-refractivity contribution in [3.05, 3.63) is 107 Å². The molecule has 0 saturated carbocycles. The summed E-state index contributed by atoms with van der Waals surface area (Å²) < 4.78 is 6.07. The van der Waals surface area contributed by atoms with E-state index in [-0.39, 0.29) is 5.60 Å². The van der Waals surface area contributed by atoms with Crippen LogP contribution in [0.5, 0.6) is 0 Å². The van der Waals surface area contributed by atoms with Crippen LogP contribution in [0, 0.1) is 0 Å². The molecule has 142 valence electrons.